The summed E-state index contributed by atoms with van der Waals surface area (Å²) in [4.78, 5) is 21.6. The number of rotatable bonds is 5. The van der Waals surface area contributed by atoms with Gasteiger partial charge in [-0.05, 0) is 18.1 Å². The van der Waals surface area contributed by atoms with E-state index in [-0.39, 0.29) is 23.7 Å². The van der Waals surface area contributed by atoms with E-state index in [9.17, 15) is 23.7 Å². The van der Waals surface area contributed by atoms with Crippen molar-refractivity contribution >= 4 is 23.0 Å². The van der Waals surface area contributed by atoms with E-state index in [1.807, 2.05) is 0 Å². The number of nitrogens with one attached hydrogen (secondary N) is 2. The van der Waals surface area contributed by atoms with Crippen LogP contribution in [0.1, 0.15) is 12.0 Å². The molecule has 0 fully saturated rings. The Morgan fingerprint density at radius 1 is 1.43 bits per heavy atom. The van der Waals surface area contributed by atoms with E-state index in [2.05, 4.69) is 10.6 Å². The second-order valence-corrected chi connectivity index (χ2v) is 4.75. The van der Waals surface area contributed by atoms with Crippen LogP contribution in [-0.4, -0.2) is 29.8 Å². The minimum Gasteiger partial charge on any atom is -0.373 e. The van der Waals surface area contributed by atoms with Crippen LogP contribution in [-0.2, 0) is 11.2 Å². The predicted molar refractivity (Wildman–Crippen MR) is 72.5 cm³/mol. The molecule has 9 heteroatoms. The van der Waals surface area contributed by atoms with Gasteiger partial charge in [-0.25, -0.2) is 8.78 Å². The lowest BCUT2D eigenvalue weighted by Gasteiger charge is -2.20. The first-order valence-electron chi connectivity index (χ1n) is 6.25. The van der Waals surface area contributed by atoms with Crippen LogP contribution in [0.25, 0.3) is 0 Å². The van der Waals surface area contributed by atoms with E-state index in [0.717, 1.165) is 0 Å². The maximum absolute atomic E-state index is 13.1. The van der Waals surface area contributed by atoms with E-state index in [0.29, 0.717) is 17.7 Å². The molecule has 0 bridgehead atoms. The molecule has 1 aliphatic heterocycles. The largest absolute Gasteiger partial charge is 0.373 e. The first-order chi connectivity index (χ1) is 9.82. The van der Waals surface area contributed by atoms with Gasteiger partial charge in [0, 0.05) is 12.5 Å². The highest BCUT2D eigenvalue weighted by molar-refractivity contribution is 5.95. The molecule has 7 nitrogen and oxygen atoms in total. The van der Waals surface area contributed by atoms with Gasteiger partial charge in [-0.15, -0.1) is 0 Å². The predicted octanol–water partition coefficient (Wildman–Crippen LogP) is 1.49. The average molecular weight is 300 g/mol. The topological polar surface area (TPSA) is 110 Å². The Morgan fingerprint density at radius 2 is 2.14 bits per heavy atom. The van der Waals surface area contributed by atoms with Crippen LogP contribution in [0.15, 0.2) is 12.1 Å². The number of nitrogens with zero attached hydrogens (tertiary/aromatic N) is 1. The SMILES string of the molecule is NCC(F)(F)CNc1cc2c(cc1[N+](=O)[O-])NC(=O)CC2. The number of fused-ring (bicyclic) bond motifs is 1. The van der Waals surface area contributed by atoms with Crippen molar-refractivity contribution in [3.05, 3.63) is 27.8 Å². The summed E-state index contributed by atoms with van der Waals surface area (Å²) in [5.41, 5.74) is 5.55. The molecular weight excluding hydrogens is 286 g/mol. The van der Waals surface area contributed by atoms with Crippen LogP contribution in [0.2, 0.25) is 0 Å². The third-order valence-corrected chi connectivity index (χ3v) is 3.15. The van der Waals surface area contributed by atoms with Gasteiger partial charge in [0.05, 0.1) is 23.7 Å². The van der Waals surface area contributed by atoms with Gasteiger partial charge in [0.2, 0.25) is 5.91 Å². The average Bonchev–Trinajstić information content (AvgIpc) is 2.44. The third kappa shape index (κ3) is 3.43. The van der Waals surface area contributed by atoms with E-state index in [1.165, 1.54) is 12.1 Å². The molecule has 1 aliphatic rings. The lowest BCUT2D eigenvalue weighted by molar-refractivity contribution is -0.383. The smallest absolute Gasteiger partial charge is 0.294 e. The van der Waals surface area contributed by atoms with E-state index >= 15 is 0 Å². The number of nitrogens with two attached hydrogens (primary N) is 1. The van der Waals surface area contributed by atoms with Gasteiger partial charge < -0.3 is 16.4 Å². The van der Waals surface area contributed by atoms with Crippen molar-refractivity contribution in [3.8, 4) is 0 Å². The number of benzene rings is 1. The second-order valence-electron chi connectivity index (χ2n) is 4.75. The fraction of sp³-hybridized carbons (Fsp3) is 0.417. The highest BCUT2D eigenvalue weighted by atomic mass is 19.3. The van der Waals surface area contributed by atoms with Gasteiger partial charge in [-0.2, -0.15) is 0 Å². The third-order valence-electron chi connectivity index (χ3n) is 3.15. The number of amides is 1. The molecule has 114 valence electrons. The molecule has 4 N–H and O–H groups in total. The second kappa shape index (κ2) is 5.60. The van der Waals surface area contributed by atoms with Crippen LogP contribution in [0.4, 0.5) is 25.8 Å². The molecule has 0 saturated carbocycles. The van der Waals surface area contributed by atoms with E-state index in [4.69, 9.17) is 5.73 Å². The summed E-state index contributed by atoms with van der Waals surface area (Å²) in [6.07, 6.45) is 0.657. The highest BCUT2D eigenvalue weighted by Crippen LogP contribution is 2.34. The molecule has 0 spiro atoms. The lowest BCUT2D eigenvalue weighted by atomic mass is 10.0. The quantitative estimate of drug-likeness (QED) is 0.563. The van der Waals surface area contributed by atoms with Gasteiger partial charge in [-0.3, -0.25) is 14.9 Å². The Bertz CT molecular complexity index is 592. The number of aryl methyl sites for hydroxylation is 1. The minimum atomic E-state index is -3.15. The van der Waals surface area contributed by atoms with Crippen molar-refractivity contribution in [3.63, 3.8) is 0 Å². The number of alkyl halides is 2. The molecule has 0 aliphatic carbocycles. The minimum absolute atomic E-state index is 0.0111. The molecule has 0 atom stereocenters. The number of hydrogen-bond acceptors (Lipinski definition) is 5. The van der Waals surface area contributed by atoms with Crippen LogP contribution >= 0.6 is 0 Å². The zero-order chi connectivity index (χ0) is 15.6. The van der Waals surface area contributed by atoms with Crippen LogP contribution in [0.3, 0.4) is 0 Å². The summed E-state index contributed by atoms with van der Waals surface area (Å²) in [6, 6.07) is 2.59. The molecule has 1 aromatic carbocycles. The molecule has 0 unspecified atom stereocenters. The molecular formula is C12H14F2N4O3. The molecule has 2 rings (SSSR count). The van der Waals surface area contributed by atoms with Gasteiger partial charge in [0.15, 0.2) is 0 Å². The Kier molecular flexibility index (Phi) is 4.03. The summed E-state index contributed by atoms with van der Waals surface area (Å²) < 4.78 is 26.3. The molecule has 1 heterocycles. The fourth-order valence-corrected chi connectivity index (χ4v) is 2.01. The summed E-state index contributed by atoms with van der Waals surface area (Å²) >= 11 is 0. The van der Waals surface area contributed by atoms with Crippen LogP contribution < -0.4 is 16.4 Å². The Balaban J connectivity index is 2.31. The maximum Gasteiger partial charge on any atom is 0.294 e. The van der Waals surface area contributed by atoms with Crippen molar-refractivity contribution in [2.24, 2.45) is 5.73 Å². The molecule has 21 heavy (non-hydrogen) atoms. The maximum atomic E-state index is 13.1. The van der Waals surface area contributed by atoms with Gasteiger partial charge in [-0.1, -0.05) is 0 Å². The van der Waals surface area contributed by atoms with Gasteiger partial charge >= 0.3 is 0 Å². The number of anilines is 2. The highest BCUT2D eigenvalue weighted by Gasteiger charge is 2.29. The van der Waals surface area contributed by atoms with Crippen molar-refractivity contribution in [1.82, 2.24) is 0 Å². The number of carbonyl (C=O) groups excluding carboxylic acids is 1. The molecule has 0 aromatic heterocycles. The molecule has 1 amide bonds. The van der Waals surface area contributed by atoms with E-state index < -0.39 is 23.9 Å². The summed E-state index contributed by atoms with van der Waals surface area (Å²) in [6.45, 7) is -1.65. The number of nitro benzene ring substituents is 1. The number of halogens is 2. The van der Waals surface area contributed by atoms with Gasteiger partial charge in [0.25, 0.3) is 11.6 Å². The van der Waals surface area contributed by atoms with Crippen molar-refractivity contribution in [2.75, 3.05) is 23.7 Å². The molecule has 1 aromatic rings. The monoisotopic (exact) mass is 300 g/mol. The molecule has 0 radical (unpaired) electrons. The Labute approximate surface area is 118 Å². The van der Waals surface area contributed by atoms with Crippen LogP contribution in [0, 0.1) is 10.1 Å². The summed E-state index contributed by atoms with van der Waals surface area (Å²) in [5, 5.41) is 15.9. The van der Waals surface area contributed by atoms with Crippen LogP contribution in [0.5, 0.6) is 0 Å². The fourth-order valence-electron chi connectivity index (χ4n) is 2.01. The zero-order valence-electron chi connectivity index (χ0n) is 11.0. The number of carbonyl (C=O) groups is 1. The van der Waals surface area contributed by atoms with Gasteiger partial charge in [0.1, 0.15) is 5.69 Å². The zero-order valence-corrected chi connectivity index (χ0v) is 11.0. The number of hydrogen-bond donors (Lipinski definition) is 3. The van der Waals surface area contributed by atoms with Crippen molar-refractivity contribution < 1.29 is 18.5 Å². The Hall–Kier alpha value is -2.29. The van der Waals surface area contributed by atoms with E-state index in [1.54, 1.807) is 0 Å². The number of nitro groups is 1. The summed E-state index contributed by atoms with van der Waals surface area (Å²) in [5.74, 6) is -3.38. The summed E-state index contributed by atoms with van der Waals surface area (Å²) in [7, 11) is 0. The van der Waals surface area contributed by atoms with Crippen molar-refractivity contribution in [2.45, 2.75) is 18.8 Å². The lowest BCUT2D eigenvalue weighted by Crippen LogP contribution is -2.35. The normalized spacial score (nSPS) is 14.3. The Morgan fingerprint density at radius 3 is 2.76 bits per heavy atom. The van der Waals surface area contributed by atoms with Crippen molar-refractivity contribution in [1.29, 1.82) is 0 Å². The standard InChI is InChI=1S/C12H14F2N4O3/c13-12(14,5-15)6-16-9-3-7-1-2-11(19)17-8(7)4-10(9)18(20)21/h3-4,16H,1-2,5-6,15H2,(H,17,19). The first kappa shape index (κ1) is 15.1. The first-order valence-corrected chi connectivity index (χ1v) is 6.25. The molecule has 0 saturated heterocycles.